The van der Waals surface area contributed by atoms with Gasteiger partial charge >= 0.3 is 5.69 Å². The molecule has 2 heterocycles. The Kier molecular flexibility index (Phi) is 5.67. The summed E-state index contributed by atoms with van der Waals surface area (Å²) < 4.78 is 2.01. The van der Waals surface area contributed by atoms with Gasteiger partial charge in [0.2, 0.25) is 0 Å². The zero-order chi connectivity index (χ0) is 21.1. The van der Waals surface area contributed by atoms with E-state index in [0.29, 0.717) is 11.5 Å². The van der Waals surface area contributed by atoms with Gasteiger partial charge in [0.25, 0.3) is 5.56 Å². The number of rotatable bonds is 6. The Morgan fingerprint density at radius 2 is 1.77 bits per heavy atom. The van der Waals surface area contributed by atoms with Crippen LogP contribution in [-0.2, 0) is 12.2 Å². The van der Waals surface area contributed by atoms with Crippen molar-refractivity contribution in [3.05, 3.63) is 104 Å². The Morgan fingerprint density at radius 1 is 0.967 bits per heavy atom. The molecule has 0 saturated heterocycles. The van der Waals surface area contributed by atoms with Gasteiger partial charge in [-0.15, -0.1) is 10.2 Å². The number of nitrogens with one attached hydrogen (secondary N) is 2. The first kappa shape index (κ1) is 19.9. The SMILES string of the molecule is Cc1ccc(C)c(-n2c(Cc3cc(=O)[nH]c(=O)[nH]3)nnc2SCc2ccccc2)c1. The van der Waals surface area contributed by atoms with Gasteiger partial charge in [-0.25, -0.2) is 4.79 Å². The van der Waals surface area contributed by atoms with Crippen LogP contribution in [0.1, 0.15) is 28.2 Å². The van der Waals surface area contributed by atoms with Crippen molar-refractivity contribution in [2.24, 2.45) is 0 Å². The van der Waals surface area contributed by atoms with Gasteiger partial charge < -0.3 is 4.98 Å². The molecule has 7 nitrogen and oxygen atoms in total. The highest BCUT2D eigenvalue weighted by atomic mass is 32.2. The third-order valence-electron chi connectivity index (χ3n) is 4.68. The Balaban J connectivity index is 1.76. The minimum atomic E-state index is -0.533. The van der Waals surface area contributed by atoms with Crippen molar-refractivity contribution in [1.82, 2.24) is 24.7 Å². The van der Waals surface area contributed by atoms with Crippen LogP contribution in [0.3, 0.4) is 0 Å². The normalized spacial score (nSPS) is 11.0. The highest BCUT2D eigenvalue weighted by molar-refractivity contribution is 7.98. The second-order valence-corrected chi connectivity index (χ2v) is 8.03. The molecule has 2 aromatic carbocycles. The van der Waals surface area contributed by atoms with Gasteiger partial charge in [0, 0.05) is 23.9 Å². The summed E-state index contributed by atoms with van der Waals surface area (Å²) in [5, 5.41) is 9.56. The molecule has 30 heavy (non-hydrogen) atoms. The minimum Gasteiger partial charge on any atom is -0.311 e. The number of H-pyrrole nitrogens is 2. The van der Waals surface area contributed by atoms with E-state index in [1.807, 2.05) is 36.6 Å². The maximum absolute atomic E-state index is 11.7. The average molecular weight is 420 g/mol. The van der Waals surface area contributed by atoms with Crippen molar-refractivity contribution in [2.45, 2.75) is 31.2 Å². The molecule has 0 radical (unpaired) electrons. The quantitative estimate of drug-likeness (QED) is 0.468. The molecule has 0 bridgehead atoms. The van der Waals surface area contributed by atoms with Crippen molar-refractivity contribution in [2.75, 3.05) is 0 Å². The summed E-state index contributed by atoms with van der Waals surface area (Å²) in [5.74, 6) is 1.41. The number of hydrogen-bond acceptors (Lipinski definition) is 5. The summed E-state index contributed by atoms with van der Waals surface area (Å²) in [7, 11) is 0. The summed E-state index contributed by atoms with van der Waals surface area (Å²) >= 11 is 1.60. The van der Waals surface area contributed by atoms with Crippen LogP contribution in [0.2, 0.25) is 0 Å². The van der Waals surface area contributed by atoms with E-state index in [0.717, 1.165) is 27.7 Å². The molecule has 4 rings (SSSR count). The Bertz CT molecular complexity index is 1260. The highest BCUT2D eigenvalue weighted by Crippen LogP contribution is 2.28. The van der Waals surface area contributed by atoms with Crippen LogP contribution in [0, 0.1) is 13.8 Å². The standard InChI is InChI=1S/C22H21N5O2S/c1-14-8-9-15(2)18(10-14)27-19(11-17-12-20(28)24-21(29)23-17)25-26-22(27)30-13-16-6-4-3-5-7-16/h3-10,12H,11,13H2,1-2H3,(H2,23,24,28,29). The molecule has 0 aliphatic carbocycles. The predicted octanol–water partition coefficient (Wildman–Crippen LogP) is 3.14. The monoisotopic (exact) mass is 419 g/mol. The number of thioether (sulfide) groups is 1. The summed E-state index contributed by atoms with van der Waals surface area (Å²) in [6, 6.07) is 17.8. The first-order chi connectivity index (χ1) is 14.5. The zero-order valence-electron chi connectivity index (χ0n) is 16.7. The largest absolute Gasteiger partial charge is 0.325 e. The molecule has 2 N–H and O–H groups in total. The minimum absolute atomic E-state index is 0.283. The molecule has 0 fully saturated rings. The van der Waals surface area contributed by atoms with Gasteiger partial charge in [0.15, 0.2) is 5.16 Å². The number of benzene rings is 2. The zero-order valence-corrected chi connectivity index (χ0v) is 17.5. The number of aryl methyl sites for hydroxylation is 2. The Hall–Kier alpha value is -3.39. The van der Waals surface area contributed by atoms with Crippen LogP contribution in [0.15, 0.2) is 69.3 Å². The molecule has 0 aliphatic heterocycles. The second-order valence-electron chi connectivity index (χ2n) is 7.09. The third-order valence-corrected chi connectivity index (χ3v) is 5.68. The van der Waals surface area contributed by atoms with Crippen molar-refractivity contribution in [1.29, 1.82) is 0 Å². The molecular formula is C22H21N5O2S. The molecule has 152 valence electrons. The van der Waals surface area contributed by atoms with Crippen LogP contribution in [0.25, 0.3) is 5.69 Å². The summed E-state index contributed by atoms with van der Waals surface area (Å²) in [4.78, 5) is 28.2. The second kappa shape index (κ2) is 8.54. The molecule has 0 aliphatic rings. The molecule has 0 atom stereocenters. The van der Waals surface area contributed by atoms with E-state index in [-0.39, 0.29) is 6.42 Å². The number of hydrogen-bond donors (Lipinski definition) is 2. The van der Waals surface area contributed by atoms with E-state index in [2.05, 4.69) is 50.5 Å². The van der Waals surface area contributed by atoms with E-state index in [9.17, 15) is 9.59 Å². The van der Waals surface area contributed by atoms with Crippen LogP contribution < -0.4 is 11.2 Å². The number of aromatic amines is 2. The van der Waals surface area contributed by atoms with Crippen LogP contribution in [0.4, 0.5) is 0 Å². The summed E-state index contributed by atoms with van der Waals surface area (Å²) in [5.41, 5.74) is 3.90. The maximum atomic E-state index is 11.7. The molecular weight excluding hydrogens is 398 g/mol. The van der Waals surface area contributed by atoms with Crippen LogP contribution in [0.5, 0.6) is 0 Å². The van der Waals surface area contributed by atoms with Crippen LogP contribution >= 0.6 is 11.8 Å². The molecule has 4 aromatic rings. The van der Waals surface area contributed by atoms with Gasteiger partial charge in [0.05, 0.1) is 5.69 Å². The van der Waals surface area contributed by atoms with Gasteiger partial charge in [-0.05, 0) is 36.6 Å². The first-order valence-corrected chi connectivity index (χ1v) is 10.5. The van der Waals surface area contributed by atoms with Gasteiger partial charge in [0.1, 0.15) is 5.82 Å². The maximum Gasteiger partial charge on any atom is 0.325 e. The topological polar surface area (TPSA) is 96.4 Å². The van der Waals surface area contributed by atoms with Crippen LogP contribution in [-0.4, -0.2) is 24.7 Å². The Labute approximate surface area is 177 Å². The molecule has 0 saturated carbocycles. The lowest BCUT2D eigenvalue weighted by Gasteiger charge is -2.14. The van der Waals surface area contributed by atoms with Crippen molar-refractivity contribution in [3.63, 3.8) is 0 Å². The van der Waals surface area contributed by atoms with E-state index in [1.54, 1.807) is 11.8 Å². The van der Waals surface area contributed by atoms with Gasteiger partial charge in [-0.3, -0.25) is 14.3 Å². The van der Waals surface area contributed by atoms with E-state index in [4.69, 9.17) is 0 Å². The lowest BCUT2D eigenvalue weighted by Crippen LogP contribution is -2.23. The first-order valence-electron chi connectivity index (χ1n) is 9.51. The molecule has 0 amide bonds. The third kappa shape index (κ3) is 4.44. The van der Waals surface area contributed by atoms with Crippen molar-refractivity contribution < 1.29 is 0 Å². The fraction of sp³-hybridized carbons (Fsp3) is 0.182. The van der Waals surface area contributed by atoms with Gasteiger partial charge in [-0.2, -0.15) is 0 Å². The fourth-order valence-electron chi connectivity index (χ4n) is 3.22. The number of nitrogens with zero attached hydrogens (tertiary/aromatic N) is 3. The summed E-state index contributed by atoms with van der Waals surface area (Å²) in [6.45, 7) is 4.08. The molecule has 8 heteroatoms. The molecule has 0 spiro atoms. The van der Waals surface area contributed by atoms with Gasteiger partial charge in [-0.1, -0.05) is 54.2 Å². The Morgan fingerprint density at radius 3 is 2.53 bits per heavy atom. The smallest absolute Gasteiger partial charge is 0.311 e. The highest BCUT2D eigenvalue weighted by Gasteiger charge is 2.17. The predicted molar refractivity (Wildman–Crippen MR) is 117 cm³/mol. The summed E-state index contributed by atoms with van der Waals surface area (Å²) in [6.07, 6.45) is 0.283. The molecule has 2 aromatic heterocycles. The van der Waals surface area contributed by atoms with E-state index >= 15 is 0 Å². The lowest BCUT2D eigenvalue weighted by molar-refractivity contribution is 0.823. The van der Waals surface area contributed by atoms with Crippen molar-refractivity contribution in [3.8, 4) is 5.69 Å². The van der Waals surface area contributed by atoms with E-state index < -0.39 is 11.2 Å². The van der Waals surface area contributed by atoms with Crippen molar-refractivity contribution >= 4 is 11.8 Å². The molecule has 0 unspecified atom stereocenters. The average Bonchev–Trinajstić information content (AvgIpc) is 3.10. The fourth-order valence-corrected chi connectivity index (χ4v) is 4.14. The number of aromatic nitrogens is 5. The van der Waals surface area contributed by atoms with E-state index in [1.165, 1.54) is 11.6 Å². The lowest BCUT2D eigenvalue weighted by atomic mass is 10.1.